The Morgan fingerprint density at radius 2 is 1.95 bits per heavy atom. The second kappa shape index (κ2) is 7.68. The van der Waals surface area contributed by atoms with E-state index in [-0.39, 0.29) is 24.0 Å². The van der Waals surface area contributed by atoms with Gasteiger partial charge in [-0.1, -0.05) is 31.5 Å². The Kier molecular flexibility index (Phi) is 6.48. The van der Waals surface area contributed by atoms with Gasteiger partial charge in [0, 0.05) is 10.4 Å². The van der Waals surface area contributed by atoms with Crippen LogP contribution in [0.4, 0.5) is 0 Å². The van der Waals surface area contributed by atoms with E-state index in [1.165, 1.54) is 11.8 Å². The van der Waals surface area contributed by atoms with Crippen LogP contribution >= 0.6 is 11.8 Å². The topological polar surface area (TPSA) is 66.4 Å². The molecule has 1 unspecified atom stereocenters. The number of carbonyl (C=O) groups is 2. The van der Waals surface area contributed by atoms with Crippen molar-refractivity contribution in [3.05, 3.63) is 29.3 Å². The molecule has 0 heterocycles. The van der Waals surface area contributed by atoms with Crippen LogP contribution in [0.5, 0.6) is 0 Å². The lowest BCUT2D eigenvalue weighted by molar-refractivity contribution is -0.139. The van der Waals surface area contributed by atoms with E-state index in [4.69, 9.17) is 5.11 Å². The number of carbonyl (C=O) groups excluding carboxylic acids is 1. The number of benzene rings is 1. The zero-order valence-corrected chi connectivity index (χ0v) is 14.7. The van der Waals surface area contributed by atoms with Gasteiger partial charge >= 0.3 is 5.97 Å². The van der Waals surface area contributed by atoms with Crippen LogP contribution in [0.15, 0.2) is 23.1 Å². The number of aryl methyl sites for hydroxylation is 2. The Bertz CT molecular complexity index is 557. The molecule has 1 amide bonds. The lowest BCUT2D eigenvalue weighted by Crippen LogP contribution is -2.51. The van der Waals surface area contributed by atoms with Crippen molar-refractivity contribution in [2.45, 2.75) is 51.5 Å². The van der Waals surface area contributed by atoms with Crippen molar-refractivity contribution in [1.29, 1.82) is 0 Å². The van der Waals surface area contributed by atoms with E-state index in [2.05, 4.69) is 11.4 Å². The zero-order chi connectivity index (χ0) is 16.9. The number of rotatable bonds is 7. The Hall–Kier alpha value is -1.49. The average Bonchev–Trinajstić information content (AvgIpc) is 2.38. The molecule has 0 aliphatic rings. The first-order valence-corrected chi connectivity index (χ1v) is 8.35. The predicted molar refractivity (Wildman–Crippen MR) is 90.3 cm³/mol. The first kappa shape index (κ1) is 18.6. The monoisotopic (exact) mass is 323 g/mol. The van der Waals surface area contributed by atoms with E-state index < -0.39 is 11.5 Å². The number of aliphatic carboxylic acids is 1. The molecule has 0 fully saturated rings. The molecule has 0 radical (unpaired) electrons. The summed E-state index contributed by atoms with van der Waals surface area (Å²) < 4.78 is 0. The molecule has 4 nitrogen and oxygen atoms in total. The van der Waals surface area contributed by atoms with Crippen molar-refractivity contribution in [2.75, 3.05) is 5.75 Å². The third-order valence-electron chi connectivity index (χ3n) is 3.92. The van der Waals surface area contributed by atoms with Gasteiger partial charge in [0.05, 0.1) is 12.2 Å². The van der Waals surface area contributed by atoms with Gasteiger partial charge in [-0.15, -0.1) is 11.8 Å². The summed E-state index contributed by atoms with van der Waals surface area (Å²) in [5, 5.41) is 11.9. The largest absolute Gasteiger partial charge is 0.481 e. The average molecular weight is 323 g/mol. The van der Waals surface area contributed by atoms with E-state index in [9.17, 15) is 9.59 Å². The van der Waals surface area contributed by atoms with Gasteiger partial charge in [0.25, 0.3) is 0 Å². The van der Waals surface area contributed by atoms with E-state index in [0.717, 1.165) is 16.0 Å². The van der Waals surface area contributed by atoms with E-state index in [1.54, 1.807) is 6.92 Å². The second-order valence-electron chi connectivity index (χ2n) is 6.25. The number of hydrogen-bond acceptors (Lipinski definition) is 3. The van der Waals surface area contributed by atoms with Crippen LogP contribution in [0.25, 0.3) is 0 Å². The normalized spacial score (nSPS) is 13.7. The zero-order valence-electron chi connectivity index (χ0n) is 13.9. The summed E-state index contributed by atoms with van der Waals surface area (Å²) in [5.74, 6) is -0.716. The molecule has 1 atom stereocenters. The minimum absolute atomic E-state index is 0.0401. The molecule has 5 heteroatoms. The highest BCUT2D eigenvalue weighted by Crippen LogP contribution is 2.25. The molecule has 0 saturated heterocycles. The van der Waals surface area contributed by atoms with Crippen LogP contribution in [-0.2, 0) is 9.59 Å². The molecule has 0 saturated carbocycles. The summed E-state index contributed by atoms with van der Waals surface area (Å²) in [6.45, 7) is 9.66. The number of nitrogens with one attached hydrogen (secondary N) is 1. The molecule has 1 aromatic carbocycles. The Morgan fingerprint density at radius 3 is 2.50 bits per heavy atom. The van der Waals surface area contributed by atoms with Gasteiger partial charge < -0.3 is 10.4 Å². The highest BCUT2D eigenvalue weighted by Gasteiger charge is 2.32. The van der Waals surface area contributed by atoms with Gasteiger partial charge in [0.1, 0.15) is 0 Å². The van der Waals surface area contributed by atoms with Crippen molar-refractivity contribution in [1.82, 2.24) is 5.32 Å². The summed E-state index contributed by atoms with van der Waals surface area (Å²) in [6, 6.07) is 6.15. The standard InChI is InChI=1S/C17H25NO3S/c1-11(2)17(5,9-16(20)21)18-15(19)10-22-14-8-12(3)6-7-13(14)4/h6-8,11H,9-10H2,1-5H3,(H,18,19)(H,20,21). The van der Waals surface area contributed by atoms with E-state index in [1.807, 2.05) is 39.8 Å². The van der Waals surface area contributed by atoms with E-state index >= 15 is 0 Å². The molecule has 0 bridgehead atoms. The third-order valence-corrected chi connectivity index (χ3v) is 5.08. The minimum atomic E-state index is -0.904. The highest BCUT2D eigenvalue weighted by atomic mass is 32.2. The molecule has 122 valence electrons. The summed E-state index contributed by atoms with van der Waals surface area (Å²) >= 11 is 1.48. The van der Waals surface area contributed by atoms with Gasteiger partial charge in [0.15, 0.2) is 0 Å². The molecule has 1 rings (SSSR count). The lowest BCUT2D eigenvalue weighted by atomic mass is 9.85. The number of amides is 1. The van der Waals surface area contributed by atoms with E-state index in [0.29, 0.717) is 0 Å². The minimum Gasteiger partial charge on any atom is -0.481 e. The Labute approximate surface area is 136 Å². The van der Waals surface area contributed by atoms with Crippen LogP contribution in [0.1, 0.15) is 38.3 Å². The van der Waals surface area contributed by atoms with Gasteiger partial charge in [-0.3, -0.25) is 9.59 Å². The maximum Gasteiger partial charge on any atom is 0.305 e. The van der Waals surface area contributed by atoms with Crippen LogP contribution in [-0.4, -0.2) is 28.3 Å². The number of carboxylic acids is 1. The predicted octanol–water partition coefficient (Wildman–Crippen LogP) is 3.40. The molecule has 1 aromatic rings. The summed E-state index contributed by atoms with van der Waals surface area (Å²) in [4.78, 5) is 24.3. The quantitative estimate of drug-likeness (QED) is 0.755. The maximum absolute atomic E-state index is 12.2. The number of thioether (sulfide) groups is 1. The van der Waals surface area contributed by atoms with Gasteiger partial charge in [-0.25, -0.2) is 0 Å². The van der Waals surface area contributed by atoms with Gasteiger partial charge in [0.2, 0.25) is 5.91 Å². The van der Waals surface area contributed by atoms with Crippen molar-refractivity contribution >= 4 is 23.6 Å². The first-order valence-electron chi connectivity index (χ1n) is 7.37. The van der Waals surface area contributed by atoms with Crippen molar-refractivity contribution in [3.63, 3.8) is 0 Å². The fourth-order valence-electron chi connectivity index (χ4n) is 2.07. The highest BCUT2D eigenvalue weighted by molar-refractivity contribution is 8.00. The van der Waals surface area contributed by atoms with Crippen molar-refractivity contribution in [3.8, 4) is 0 Å². The lowest BCUT2D eigenvalue weighted by Gasteiger charge is -2.33. The molecular weight excluding hydrogens is 298 g/mol. The smallest absolute Gasteiger partial charge is 0.305 e. The summed E-state index contributed by atoms with van der Waals surface area (Å²) in [7, 11) is 0. The first-order chi connectivity index (χ1) is 10.1. The summed E-state index contributed by atoms with van der Waals surface area (Å²) in [6.07, 6.45) is -0.0788. The number of hydrogen-bond donors (Lipinski definition) is 2. The van der Waals surface area contributed by atoms with Crippen LogP contribution in [0.3, 0.4) is 0 Å². The van der Waals surface area contributed by atoms with Gasteiger partial charge in [-0.05, 0) is 38.3 Å². The summed E-state index contributed by atoms with van der Waals surface area (Å²) in [5.41, 5.74) is 1.57. The molecule has 0 aliphatic carbocycles. The molecule has 0 spiro atoms. The van der Waals surface area contributed by atoms with Gasteiger partial charge in [-0.2, -0.15) is 0 Å². The van der Waals surface area contributed by atoms with Crippen molar-refractivity contribution < 1.29 is 14.7 Å². The fraction of sp³-hybridized carbons (Fsp3) is 0.529. The molecular formula is C17H25NO3S. The number of carboxylic acid groups (broad SMARTS) is 1. The molecule has 0 aliphatic heterocycles. The Morgan fingerprint density at radius 1 is 1.32 bits per heavy atom. The molecule has 22 heavy (non-hydrogen) atoms. The van der Waals surface area contributed by atoms with Crippen LogP contribution in [0, 0.1) is 19.8 Å². The molecule has 2 N–H and O–H groups in total. The SMILES string of the molecule is Cc1ccc(C)c(SCC(=O)NC(C)(CC(=O)O)C(C)C)c1. The molecule has 0 aromatic heterocycles. The third kappa shape index (κ3) is 5.37. The maximum atomic E-state index is 12.2. The van der Waals surface area contributed by atoms with Crippen molar-refractivity contribution in [2.24, 2.45) is 5.92 Å². The van der Waals surface area contributed by atoms with Crippen LogP contribution in [0.2, 0.25) is 0 Å². The second-order valence-corrected chi connectivity index (χ2v) is 7.27. The fourth-order valence-corrected chi connectivity index (χ4v) is 2.99. The van der Waals surface area contributed by atoms with Crippen LogP contribution < -0.4 is 5.32 Å². The Balaban J connectivity index is 2.68.